The van der Waals surface area contributed by atoms with Crippen LogP contribution in [-0.2, 0) is 14.4 Å². The van der Waals surface area contributed by atoms with Gasteiger partial charge >= 0.3 is 5.69 Å². The molecule has 28 heavy (non-hydrogen) atoms. The van der Waals surface area contributed by atoms with Crippen LogP contribution >= 0.6 is 11.6 Å². The monoisotopic (exact) mass is 407 g/mol. The molecule has 0 bridgehead atoms. The number of carbonyl (C=O) groups is 3. The fourth-order valence-corrected chi connectivity index (χ4v) is 3.76. The number of ether oxygens (including phenoxy) is 1. The van der Waals surface area contributed by atoms with Gasteiger partial charge in [0.25, 0.3) is 0 Å². The smallest absolute Gasteiger partial charge is 0.311 e. The lowest BCUT2D eigenvalue weighted by Crippen LogP contribution is -2.46. The van der Waals surface area contributed by atoms with Crippen molar-refractivity contribution in [3.05, 3.63) is 39.4 Å². The summed E-state index contributed by atoms with van der Waals surface area (Å²) < 4.78 is 4.97. The van der Waals surface area contributed by atoms with Crippen molar-refractivity contribution < 1.29 is 24.0 Å². The predicted molar refractivity (Wildman–Crippen MR) is 99.7 cm³/mol. The van der Waals surface area contributed by atoms with Gasteiger partial charge in [0.1, 0.15) is 6.04 Å². The highest BCUT2D eigenvalue weighted by Crippen LogP contribution is 2.39. The highest BCUT2D eigenvalue weighted by atomic mass is 35.5. The van der Waals surface area contributed by atoms with Gasteiger partial charge in [0, 0.05) is 22.9 Å². The number of imide groups is 1. The zero-order chi connectivity index (χ0) is 20.6. The summed E-state index contributed by atoms with van der Waals surface area (Å²) in [4.78, 5) is 49.2. The quantitative estimate of drug-likeness (QED) is 0.455. The van der Waals surface area contributed by atoms with Crippen LogP contribution in [0.5, 0.6) is 5.75 Å². The summed E-state index contributed by atoms with van der Waals surface area (Å²) in [5, 5.41) is 14.1. The number of methoxy groups -OCH3 is 1. The molecule has 3 rings (SSSR count). The van der Waals surface area contributed by atoms with Gasteiger partial charge in [0.05, 0.1) is 23.9 Å². The maximum atomic E-state index is 12.7. The minimum absolute atomic E-state index is 0.0180. The zero-order valence-electron chi connectivity index (χ0n) is 15.2. The number of rotatable bonds is 5. The summed E-state index contributed by atoms with van der Waals surface area (Å²) >= 11 is 6.00. The molecule has 0 radical (unpaired) electrons. The predicted octanol–water partition coefficient (Wildman–Crippen LogP) is 2.45. The molecule has 9 nitrogen and oxygen atoms in total. The average Bonchev–Trinajstić information content (AvgIpc) is 2.90. The van der Waals surface area contributed by atoms with Crippen molar-refractivity contribution in [2.45, 2.75) is 25.8 Å². The number of benzene rings is 1. The fraction of sp³-hybridized carbons (Fsp3) is 0.389. The Balaban J connectivity index is 1.76. The number of nitrogens with one attached hydrogen (secondary N) is 1. The standard InChI is InChI=1S/C18H18ClN3O6/c1-9(21-17(24)12-5-3-10(19)7-13(12)18(21)25)16(23)20-11-4-6-14(22(26)27)15(8-11)28-2/h3-4,6,8-9,12-13H,5,7H2,1-2H3,(H,20,23)/t9-,12+,13-/m0/s1. The number of amides is 3. The molecule has 1 aliphatic carbocycles. The first kappa shape index (κ1) is 19.8. The van der Waals surface area contributed by atoms with Gasteiger partial charge in [0.2, 0.25) is 17.7 Å². The largest absolute Gasteiger partial charge is 0.490 e. The highest BCUT2D eigenvalue weighted by molar-refractivity contribution is 6.30. The Morgan fingerprint density at radius 2 is 2.04 bits per heavy atom. The van der Waals surface area contributed by atoms with Gasteiger partial charge in [-0.2, -0.15) is 0 Å². The van der Waals surface area contributed by atoms with Crippen molar-refractivity contribution >= 4 is 40.7 Å². The molecule has 1 heterocycles. The minimum atomic E-state index is -1.04. The van der Waals surface area contributed by atoms with Crippen LogP contribution in [0.2, 0.25) is 0 Å². The maximum Gasteiger partial charge on any atom is 0.311 e. The van der Waals surface area contributed by atoms with Crippen LogP contribution in [0, 0.1) is 22.0 Å². The van der Waals surface area contributed by atoms with Gasteiger partial charge in [0.15, 0.2) is 5.75 Å². The summed E-state index contributed by atoms with van der Waals surface area (Å²) in [5.41, 5.74) is 0.00687. The average molecular weight is 408 g/mol. The Labute approximate surface area is 165 Å². The lowest BCUT2D eigenvalue weighted by atomic mass is 9.85. The molecule has 1 aromatic carbocycles. The third kappa shape index (κ3) is 3.45. The highest BCUT2D eigenvalue weighted by Gasteiger charge is 2.51. The van der Waals surface area contributed by atoms with Crippen molar-refractivity contribution in [1.29, 1.82) is 0 Å². The number of nitro benzene ring substituents is 1. The molecule has 0 saturated carbocycles. The topological polar surface area (TPSA) is 119 Å². The van der Waals surface area contributed by atoms with Crippen LogP contribution in [0.25, 0.3) is 0 Å². The molecule has 2 aliphatic rings. The minimum Gasteiger partial charge on any atom is -0.490 e. The number of fused-ring (bicyclic) bond motifs is 1. The first-order valence-corrected chi connectivity index (χ1v) is 8.97. The van der Waals surface area contributed by atoms with Crippen molar-refractivity contribution in [1.82, 2.24) is 4.90 Å². The van der Waals surface area contributed by atoms with E-state index >= 15 is 0 Å². The van der Waals surface area contributed by atoms with Crippen LogP contribution in [-0.4, -0.2) is 40.7 Å². The van der Waals surface area contributed by atoms with E-state index in [4.69, 9.17) is 16.3 Å². The van der Waals surface area contributed by atoms with E-state index < -0.39 is 34.6 Å². The molecular formula is C18H18ClN3O6. The molecule has 3 atom stereocenters. The van der Waals surface area contributed by atoms with E-state index in [1.165, 1.54) is 32.2 Å². The fourth-order valence-electron chi connectivity index (χ4n) is 3.50. The Hall–Kier alpha value is -2.94. The SMILES string of the molecule is COc1cc(NC(=O)[C@H](C)N2C(=O)[C@H]3CC(Cl)=CC[C@H]3C2=O)ccc1[N+](=O)[O-]. The van der Waals surface area contributed by atoms with Crippen LogP contribution in [0.15, 0.2) is 29.3 Å². The van der Waals surface area contributed by atoms with Crippen molar-refractivity contribution in [2.75, 3.05) is 12.4 Å². The Kier molecular flexibility index (Phi) is 5.37. The Bertz CT molecular complexity index is 899. The van der Waals surface area contributed by atoms with E-state index in [0.29, 0.717) is 17.9 Å². The summed E-state index contributed by atoms with van der Waals surface area (Å²) in [6.07, 6.45) is 2.39. The van der Waals surface area contributed by atoms with Crippen LogP contribution < -0.4 is 10.1 Å². The second-order valence-corrected chi connectivity index (χ2v) is 7.14. The molecule has 1 N–H and O–H groups in total. The van der Waals surface area contributed by atoms with Gasteiger partial charge in [-0.25, -0.2) is 0 Å². The van der Waals surface area contributed by atoms with E-state index in [1.54, 1.807) is 6.08 Å². The Morgan fingerprint density at radius 1 is 1.36 bits per heavy atom. The van der Waals surface area contributed by atoms with E-state index in [1.807, 2.05) is 0 Å². The van der Waals surface area contributed by atoms with Crippen LogP contribution in [0.3, 0.4) is 0 Å². The molecule has 0 aromatic heterocycles. The number of likely N-dealkylation sites (tertiary alicyclic amines) is 1. The van der Waals surface area contributed by atoms with Gasteiger partial charge in [-0.3, -0.25) is 29.4 Å². The zero-order valence-corrected chi connectivity index (χ0v) is 15.9. The number of carbonyl (C=O) groups excluding carboxylic acids is 3. The molecule has 0 unspecified atom stereocenters. The van der Waals surface area contributed by atoms with Crippen molar-refractivity contribution in [3.8, 4) is 5.75 Å². The molecule has 1 aliphatic heterocycles. The summed E-state index contributed by atoms with van der Waals surface area (Å²) in [6, 6.07) is 2.82. The van der Waals surface area contributed by atoms with E-state index in [0.717, 1.165) is 4.90 Å². The van der Waals surface area contributed by atoms with Gasteiger partial charge < -0.3 is 10.1 Å². The van der Waals surface area contributed by atoms with Crippen LogP contribution in [0.4, 0.5) is 11.4 Å². The number of nitrogens with zero attached hydrogens (tertiary/aromatic N) is 2. The number of nitro groups is 1. The van der Waals surface area contributed by atoms with E-state index in [2.05, 4.69) is 5.32 Å². The molecule has 1 saturated heterocycles. The first-order valence-electron chi connectivity index (χ1n) is 8.59. The number of halogens is 1. The summed E-state index contributed by atoms with van der Waals surface area (Å²) in [5.74, 6) is -2.44. The third-order valence-electron chi connectivity index (χ3n) is 5.01. The second kappa shape index (κ2) is 7.59. The second-order valence-electron chi connectivity index (χ2n) is 6.66. The van der Waals surface area contributed by atoms with Crippen LogP contribution in [0.1, 0.15) is 19.8 Å². The summed E-state index contributed by atoms with van der Waals surface area (Å²) in [6.45, 7) is 1.46. The normalized spacial score (nSPS) is 22.4. The molecule has 148 valence electrons. The number of anilines is 1. The van der Waals surface area contributed by atoms with Crippen molar-refractivity contribution in [2.24, 2.45) is 11.8 Å². The molecular weight excluding hydrogens is 390 g/mol. The first-order chi connectivity index (χ1) is 13.2. The molecule has 1 fully saturated rings. The Morgan fingerprint density at radius 3 is 2.68 bits per heavy atom. The lowest BCUT2D eigenvalue weighted by Gasteiger charge is -2.22. The van der Waals surface area contributed by atoms with Gasteiger partial charge in [-0.05, 0) is 25.8 Å². The van der Waals surface area contributed by atoms with Crippen molar-refractivity contribution in [3.63, 3.8) is 0 Å². The molecule has 1 aromatic rings. The molecule has 3 amide bonds. The van der Waals surface area contributed by atoms with Gasteiger partial charge in [-0.1, -0.05) is 17.7 Å². The molecule has 10 heteroatoms. The number of hydrogen-bond acceptors (Lipinski definition) is 6. The summed E-state index contributed by atoms with van der Waals surface area (Å²) in [7, 11) is 1.28. The third-order valence-corrected chi connectivity index (χ3v) is 5.32. The van der Waals surface area contributed by atoms with E-state index in [9.17, 15) is 24.5 Å². The van der Waals surface area contributed by atoms with E-state index in [-0.39, 0.29) is 23.0 Å². The van der Waals surface area contributed by atoms with Gasteiger partial charge in [-0.15, -0.1) is 0 Å². The lowest BCUT2D eigenvalue weighted by molar-refractivity contribution is -0.385. The number of hydrogen-bond donors (Lipinski definition) is 1. The molecule has 0 spiro atoms. The number of allylic oxidation sites excluding steroid dienone is 2. The maximum absolute atomic E-state index is 12.7.